The molecule has 0 saturated carbocycles. The highest BCUT2D eigenvalue weighted by molar-refractivity contribution is 5.93. The number of rotatable bonds is 4. The molecule has 2 N–H and O–H groups in total. The number of amides is 1. The number of aryl methyl sites for hydroxylation is 1. The summed E-state index contributed by atoms with van der Waals surface area (Å²) >= 11 is 0. The molecule has 0 aromatic carbocycles. The maximum atomic E-state index is 12.1. The molecule has 7 heteroatoms. The van der Waals surface area contributed by atoms with Crippen molar-refractivity contribution >= 4 is 11.6 Å². The zero-order valence-electron chi connectivity index (χ0n) is 10.9. The quantitative estimate of drug-likeness (QED) is 0.626. The second-order valence-corrected chi connectivity index (χ2v) is 4.64. The van der Waals surface area contributed by atoms with Crippen molar-refractivity contribution in [2.75, 3.05) is 13.1 Å². The van der Waals surface area contributed by atoms with Crippen LogP contribution < -0.4 is 10.6 Å². The molecule has 1 aliphatic rings. The highest BCUT2D eigenvalue weighted by Crippen LogP contribution is 2.16. The second-order valence-electron chi connectivity index (χ2n) is 4.64. The van der Waals surface area contributed by atoms with Crippen molar-refractivity contribution in [1.29, 1.82) is 0 Å². The van der Waals surface area contributed by atoms with Gasteiger partial charge in [-0.1, -0.05) is 0 Å². The highest BCUT2D eigenvalue weighted by Gasteiger charge is 2.21. The summed E-state index contributed by atoms with van der Waals surface area (Å²) in [6, 6.07) is 1.43. The number of nitrogens with one attached hydrogen (secondary N) is 2. The molecule has 1 atom stereocenters. The van der Waals surface area contributed by atoms with Crippen LogP contribution in [0.15, 0.2) is 12.3 Å². The van der Waals surface area contributed by atoms with Crippen LogP contribution in [0.2, 0.25) is 0 Å². The maximum absolute atomic E-state index is 12.1. The summed E-state index contributed by atoms with van der Waals surface area (Å²) in [6.45, 7) is 4.10. The molecule has 1 saturated heterocycles. The third kappa shape index (κ3) is 3.11. The smallest absolute Gasteiger partial charge is 0.287 e. The van der Waals surface area contributed by atoms with E-state index in [1.165, 1.54) is 12.3 Å². The van der Waals surface area contributed by atoms with Crippen LogP contribution in [0.25, 0.3) is 0 Å². The van der Waals surface area contributed by atoms with E-state index in [4.69, 9.17) is 0 Å². The van der Waals surface area contributed by atoms with Gasteiger partial charge < -0.3 is 15.2 Å². The lowest BCUT2D eigenvalue weighted by Crippen LogP contribution is -2.46. The molecule has 0 radical (unpaired) electrons. The average molecular weight is 266 g/mol. The fourth-order valence-electron chi connectivity index (χ4n) is 2.28. The van der Waals surface area contributed by atoms with Gasteiger partial charge in [0, 0.05) is 25.2 Å². The minimum Gasteiger partial charge on any atom is -0.347 e. The van der Waals surface area contributed by atoms with Crippen molar-refractivity contribution in [3.8, 4) is 0 Å². The van der Waals surface area contributed by atoms with Gasteiger partial charge in [-0.3, -0.25) is 14.9 Å². The van der Waals surface area contributed by atoms with Crippen molar-refractivity contribution in [3.63, 3.8) is 0 Å². The Labute approximate surface area is 111 Å². The van der Waals surface area contributed by atoms with Gasteiger partial charge in [-0.05, 0) is 26.3 Å². The van der Waals surface area contributed by atoms with Crippen molar-refractivity contribution < 1.29 is 9.72 Å². The lowest BCUT2D eigenvalue weighted by Gasteiger charge is -2.23. The van der Waals surface area contributed by atoms with E-state index in [2.05, 4.69) is 10.6 Å². The minimum absolute atomic E-state index is 0.0474. The number of piperidine rings is 1. The zero-order valence-corrected chi connectivity index (χ0v) is 10.9. The van der Waals surface area contributed by atoms with Crippen LogP contribution in [0.5, 0.6) is 0 Å². The first-order chi connectivity index (χ1) is 9.11. The fourth-order valence-corrected chi connectivity index (χ4v) is 2.28. The van der Waals surface area contributed by atoms with E-state index in [9.17, 15) is 14.9 Å². The monoisotopic (exact) mass is 266 g/mol. The summed E-state index contributed by atoms with van der Waals surface area (Å²) in [7, 11) is 0. The van der Waals surface area contributed by atoms with Gasteiger partial charge in [-0.2, -0.15) is 0 Å². The Kier molecular flexibility index (Phi) is 4.16. The molecule has 2 rings (SSSR count). The molecule has 0 bridgehead atoms. The van der Waals surface area contributed by atoms with Gasteiger partial charge in [0.1, 0.15) is 5.69 Å². The number of nitro groups is 1. The molecule has 7 nitrogen and oxygen atoms in total. The molecular formula is C12H18N4O3. The topological polar surface area (TPSA) is 89.2 Å². The van der Waals surface area contributed by atoms with E-state index in [-0.39, 0.29) is 17.6 Å². The second kappa shape index (κ2) is 5.83. The zero-order chi connectivity index (χ0) is 13.8. The van der Waals surface area contributed by atoms with Crippen LogP contribution in [-0.2, 0) is 6.54 Å². The number of nitrogens with zero attached hydrogens (tertiary/aromatic N) is 2. The van der Waals surface area contributed by atoms with Gasteiger partial charge in [0.25, 0.3) is 11.6 Å². The lowest BCUT2D eigenvalue weighted by atomic mass is 10.1. The predicted molar refractivity (Wildman–Crippen MR) is 70.1 cm³/mol. The fraction of sp³-hybridized carbons (Fsp3) is 0.583. The molecular weight excluding hydrogens is 248 g/mol. The molecule has 19 heavy (non-hydrogen) atoms. The van der Waals surface area contributed by atoms with E-state index in [0.29, 0.717) is 12.2 Å². The Bertz CT molecular complexity index is 477. The number of hydrogen-bond acceptors (Lipinski definition) is 4. The van der Waals surface area contributed by atoms with Crippen molar-refractivity contribution in [3.05, 3.63) is 28.1 Å². The van der Waals surface area contributed by atoms with Crippen molar-refractivity contribution in [2.24, 2.45) is 0 Å². The molecule has 104 valence electrons. The van der Waals surface area contributed by atoms with E-state index in [0.717, 1.165) is 25.9 Å². The van der Waals surface area contributed by atoms with Gasteiger partial charge in [0.05, 0.1) is 11.1 Å². The molecule has 1 amide bonds. The SMILES string of the molecule is CCn1cc([N+](=O)[O-])cc1C(=O)N[C@@H]1CCCNC1. The Balaban J connectivity index is 2.11. The molecule has 1 aliphatic heterocycles. The number of carbonyl (C=O) groups is 1. The predicted octanol–water partition coefficient (Wildman–Crippen LogP) is 0.898. The summed E-state index contributed by atoms with van der Waals surface area (Å²) < 4.78 is 1.60. The highest BCUT2D eigenvalue weighted by atomic mass is 16.6. The number of aromatic nitrogens is 1. The van der Waals surface area contributed by atoms with Crippen LogP contribution >= 0.6 is 0 Å². The number of hydrogen-bond donors (Lipinski definition) is 2. The Morgan fingerprint density at radius 1 is 1.68 bits per heavy atom. The summed E-state index contributed by atoms with van der Waals surface area (Å²) in [5, 5.41) is 16.9. The minimum atomic E-state index is -0.481. The lowest BCUT2D eigenvalue weighted by molar-refractivity contribution is -0.384. The normalized spacial score (nSPS) is 19.1. The Morgan fingerprint density at radius 2 is 2.47 bits per heavy atom. The average Bonchev–Trinajstić information content (AvgIpc) is 2.84. The van der Waals surface area contributed by atoms with Crippen LogP contribution in [0.4, 0.5) is 5.69 Å². The summed E-state index contributed by atoms with van der Waals surface area (Å²) in [6.07, 6.45) is 3.36. The van der Waals surface area contributed by atoms with Gasteiger partial charge >= 0.3 is 0 Å². The standard InChI is InChI=1S/C12H18N4O3/c1-2-15-8-10(16(18)19)6-11(15)12(17)14-9-4-3-5-13-7-9/h6,8-9,13H,2-5,7H2,1H3,(H,14,17)/t9-/m1/s1. The van der Waals surface area contributed by atoms with Gasteiger partial charge in [-0.15, -0.1) is 0 Å². The first kappa shape index (κ1) is 13.5. The van der Waals surface area contributed by atoms with Crippen LogP contribution in [0.3, 0.4) is 0 Å². The number of carbonyl (C=O) groups excluding carboxylic acids is 1. The Morgan fingerprint density at radius 3 is 3.05 bits per heavy atom. The maximum Gasteiger partial charge on any atom is 0.287 e. The van der Waals surface area contributed by atoms with E-state index < -0.39 is 4.92 Å². The largest absolute Gasteiger partial charge is 0.347 e. The third-order valence-corrected chi connectivity index (χ3v) is 3.30. The summed E-state index contributed by atoms with van der Waals surface area (Å²) in [4.78, 5) is 22.4. The first-order valence-electron chi connectivity index (χ1n) is 6.48. The van der Waals surface area contributed by atoms with Crippen LogP contribution in [0, 0.1) is 10.1 Å². The molecule has 0 aliphatic carbocycles. The molecule has 1 aromatic rings. The molecule has 1 aromatic heterocycles. The van der Waals surface area contributed by atoms with E-state index >= 15 is 0 Å². The summed E-state index contributed by atoms with van der Waals surface area (Å²) in [5.41, 5.74) is 0.300. The molecule has 2 heterocycles. The summed E-state index contributed by atoms with van der Waals surface area (Å²) in [5.74, 6) is -0.247. The first-order valence-corrected chi connectivity index (χ1v) is 6.48. The molecule has 1 fully saturated rings. The Hall–Kier alpha value is -1.89. The van der Waals surface area contributed by atoms with Gasteiger partial charge in [-0.25, -0.2) is 0 Å². The molecule has 0 spiro atoms. The van der Waals surface area contributed by atoms with Gasteiger partial charge in [0.15, 0.2) is 0 Å². The van der Waals surface area contributed by atoms with E-state index in [1.54, 1.807) is 4.57 Å². The van der Waals surface area contributed by atoms with Crippen LogP contribution in [-0.4, -0.2) is 34.5 Å². The third-order valence-electron chi connectivity index (χ3n) is 3.30. The molecule has 0 unspecified atom stereocenters. The van der Waals surface area contributed by atoms with E-state index in [1.807, 2.05) is 6.92 Å². The van der Waals surface area contributed by atoms with Crippen molar-refractivity contribution in [2.45, 2.75) is 32.4 Å². The van der Waals surface area contributed by atoms with Crippen molar-refractivity contribution in [1.82, 2.24) is 15.2 Å². The van der Waals surface area contributed by atoms with Crippen LogP contribution in [0.1, 0.15) is 30.3 Å². The van der Waals surface area contributed by atoms with Gasteiger partial charge in [0.2, 0.25) is 0 Å².